The van der Waals surface area contributed by atoms with Crippen molar-refractivity contribution in [1.29, 1.82) is 0 Å². The highest BCUT2D eigenvalue weighted by Gasteiger charge is 2.11. The minimum Gasteiger partial charge on any atom is -0.383 e. The van der Waals surface area contributed by atoms with Crippen molar-refractivity contribution in [2.24, 2.45) is 7.05 Å². The Balaban J connectivity index is 2.44. The van der Waals surface area contributed by atoms with E-state index in [1.54, 1.807) is 17.1 Å². The molecule has 15 heavy (non-hydrogen) atoms. The van der Waals surface area contributed by atoms with Gasteiger partial charge in [0.15, 0.2) is 0 Å². The minimum atomic E-state index is 0.674. The largest absolute Gasteiger partial charge is 0.383 e. The van der Waals surface area contributed by atoms with E-state index in [-0.39, 0.29) is 0 Å². The molecule has 0 aromatic carbocycles. The molecule has 0 fully saturated rings. The summed E-state index contributed by atoms with van der Waals surface area (Å²) in [7, 11) is 1.88. The van der Waals surface area contributed by atoms with E-state index in [1.807, 2.05) is 13.4 Å². The van der Waals surface area contributed by atoms with Gasteiger partial charge in [-0.2, -0.15) is 0 Å². The summed E-state index contributed by atoms with van der Waals surface area (Å²) in [5.74, 6) is 0.674. The van der Waals surface area contributed by atoms with Crippen LogP contribution in [0.1, 0.15) is 13.3 Å². The minimum absolute atomic E-state index is 0.674. The molecule has 0 aliphatic rings. The van der Waals surface area contributed by atoms with Crippen LogP contribution in [0.3, 0.4) is 0 Å². The molecular weight excluding hydrogens is 190 g/mol. The zero-order valence-electron chi connectivity index (χ0n) is 9.01. The number of hydrogen-bond donors (Lipinski definition) is 1. The molecule has 2 N–H and O–H groups in total. The Morgan fingerprint density at radius 1 is 1.40 bits per heavy atom. The zero-order valence-corrected chi connectivity index (χ0v) is 9.01. The average Bonchev–Trinajstić information content (AvgIpc) is 2.77. The van der Waals surface area contributed by atoms with Crippen molar-refractivity contribution >= 4 is 5.82 Å². The predicted octanol–water partition coefficient (Wildman–Crippen LogP) is 1.28. The number of aryl methyl sites for hydroxylation is 2. The van der Waals surface area contributed by atoms with Gasteiger partial charge in [-0.15, -0.1) is 0 Å². The topological polar surface area (TPSA) is 61.7 Å². The Morgan fingerprint density at radius 3 is 2.80 bits per heavy atom. The number of aromatic nitrogens is 4. The monoisotopic (exact) mass is 205 g/mol. The lowest BCUT2D eigenvalue weighted by Gasteiger charge is -2.05. The maximum Gasteiger partial charge on any atom is 0.132 e. The van der Waals surface area contributed by atoms with Gasteiger partial charge in [0, 0.05) is 13.6 Å². The first-order chi connectivity index (χ1) is 7.24. The summed E-state index contributed by atoms with van der Waals surface area (Å²) in [5.41, 5.74) is 7.71. The van der Waals surface area contributed by atoms with Crippen molar-refractivity contribution in [3.8, 4) is 11.4 Å². The van der Waals surface area contributed by atoms with Crippen molar-refractivity contribution < 1.29 is 0 Å². The van der Waals surface area contributed by atoms with Crippen LogP contribution >= 0.6 is 0 Å². The number of imidazole rings is 2. The first-order valence-electron chi connectivity index (χ1n) is 5.01. The number of nitrogen functional groups attached to an aromatic ring is 1. The van der Waals surface area contributed by atoms with Crippen LogP contribution in [-0.4, -0.2) is 19.1 Å². The Labute approximate surface area is 88.6 Å². The fourth-order valence-corrected chi connectivity index (χ4v) is 1.57. The lowest BCUT2D eigenvalue weighted by atomic mass is 10.3. The van der Waals surface area contributed by atoms with Gasteiger partial charge in [0.2, 0.25) is 0 Å². The molecule has 0 amide bonds. The van der Waals surface area contributed by atoms with Crippen LogP contribution in [-0.2, 0) is 13.6 Å². The van der Waals surface area contributed by atoms with Crippen molar-refractivity contribution in [2.75, 3.05) is 5.73 Å². The Morgan fingerprint density at radius 2 is 2.20 bits per heavy atom. The van der Waals surface area contributed by atoms with Gasteiger partial charge in [0.1, 0.15) is 11.5 Å². The van der Waals surface area contributed by atoms with Crippen molar-refractivity contribution in [3.05, 3.63) is 18.9 Å². The van der Waals surface area contributed by atoms with E-state index in [4.69, 9.17) is 5.73 Å². The maximum atomic E-state index is 5.92. The van der Waals surface area contributed by atoms with Crippen molar-refractivity contribution in [3.63, 3.8) is 0 Å². The van der Waals surface area contributed by atoms with E-state index in [2.05, 4.69) is 21.5 Å². The first-order valence-corrected chi connectivity index (χ1v) is 5.01. The second-order valence-corrected chi connectivity index (χ2v) is 3.56. The summed E-state index contributed by atoms with van der Waals surface area (Å²) in [6, 6.07) is 0. The fraction of sp³-hybridized carbons (Fsp3) is 0.400. The molecule has 2 heterocycles. The van der Waals surface area contributed by atoms with E-state index in [0.717, 1.165) is 24.4 Å². The normalized spacial score (nSPS) is 10.8. The van der Waals surface area contributed by atoms with E-state index in [0.29, 0.717) is 5.82 Å². The highest BCUT2D eigenvalue weighted by Crippen LogP contribution is 2.23. The molecule has 0 saturated carbocycles. The molecule has 0 aliphatic carbocycles. The van der Waals surface area contributed by atoms with Gasteiger partial charge in [0.05, 0.1) is 24.5 Å². The lowest BCUT2D eigenvalue weighted by molar-refractivity contribution is 0.683. The second kappa shape index (κ2) is 3.76. The summed E-state index contributed by atoms with van der Waals surface area (Å²) < 4.78 is 3.87. The average molecular weight is 205 g/mol. The number of hydrogen-bond acceptors (Lipinski definition) is 3. The first kappa shape index (κ1) is 9.76. The van der Waals surface area contributed by atoms with Gasteiger partial charge in [-0.3, -0.25) is 0 Å². The SMILES string of the molecule is CCCn1cncc1-c1ncn(C)c1N. The third kappa shape index (κ3) is 1.60. The van der Waals surface area contributed by atoms with Gasteiger partial charge < -0.3 is 14.9 Å². The quantitative estimate of drug-likeness (QED) is 0.821. The third-order valence-corrected chi connectivity index (χ3v) is 2.40. The van der Waals surface area contributed by atoms with Crippen LogP contribution < -0.4 is 5.73 Å². The fourth-order valence-electron chi connectivity index (χ4n) is 1.57. The number of anilines is 1. The molecule has 0 atom stereocenters. The molecule has 0 aliphatic heterocycles. The molecule has 5 heteroatoms. The van der Waals surface area contributed by atoms with E-state index in [1.165, 1.54) is 0 Å². The highest BCUT2D eigenvalue weighted by molar-refractivity contribution is 5.67. The summed E-state index contributed by atoms with van der Waals surface area (Å²) in [6.07, 6.45) is 6.39. The van der Waals surface area contributed by atoms with Crippen LogP contribution in [0.2, 0.25) is 0 Å². The molecule has 2 aromatic rings. The van der Waals surface area contributed by atoms with Crippen molar-refractivity contribution in [2.45, 2.75) is 19.9 Å². The maximum absolute atomic E-state index is 5.92. The Bertz CT molecular complexity index is 454. The van der Waals surface area contributed by atoms with E-state index >= 15 is 0 Å². The molecule has 0 spiro atoms. The Hall–Kier alpha value is -1.78. The molecule has 5 nitrogen and oxygen atoms in total. The zero-order chi connectivity index (χ0) is 10.8. The summed E-state index contributed by atoms with van der Waals surface area (Å²) >= 11 is 0. The molecule has 2 aromatic heterocycles. The van der Waals surface area contributed by atoms with Crippen LogP contribution in [0.15, 0.2) is 18.9 Å². The molecular formula is C10H15N5. The van der Waals surface area contributed by atoms with Gasteiger partial charge in [-0.25, -0.2) is 9.97 Å². The Kier molecular flexibility index (Phi) is 2.45. The van der Waals surface area contributed by atoms with Gasteiger partial charge >= 0.3 is 0 Å². The van der Waals surface area contributed by atoms with Crippen LogP contribution in [0, 0.1) is 0 Å². The van der Waals surface area contributed by atoms with E-state index in [9.17, 15) is 0 Å². The van der Waals surface area contributed by atoms with Crippen LogP contribution in [0.5, 0.6) is 0 Å². The molecule has 2 rings (SSSR count). The smallest absolute Gasteiger partial charge is 0.132 e. The lowest BCUT2D eigenvalue weighted by Crippen LogP contribution is -2.01. The number of nitrogens with zero attached hydrogens (tertiary/aromatic N) is 4. The molecule has 0 radical (unpaired) electrons. The van der Waals surface area contributed by atoms with Crippen molar-refractivity contribution in [1.82, 2.24) is 19.1 Å². The third-order valence-electron chi connectivity index (χ3n) is 2.40. The second-order valence-electron chi connectivity index (χ2n) is 3.56. The van der Waals surface area contributed by atoms with Gasteiger partial charge in [-0.05, 0) is 6.42 Å². The molecule has 0 bridgehead atoms. The highest BCUT2D eigenvalue weighted by atomic mass is 15.1. The predicted molar refractivity (Wildman–Crippen MR) is 59.1 cm³/mol. The van der Waals surface area contributed by atoms with Gasteiger partial charge in [0.25, 0.3) is 0 Å². The summed E-state index contributed by atoms with van der Waals surface area (Å²) in [6.45, 7) is 3.07. The van der Waals surface area contributed by atoms with Crippen LogP contribution in [0.4, 0.5) is 5.82 Å². The van der Waals surface area contributed by atoms with E-state index < -0.39 is 0 Å². The number of nitrogens with two attached hydrogens (primary N) is 1. The standard InChI is InChI=1S/C10H15N5/c1-3-4-15-6-12-5-8(15)9-10(11)14(2)7-13-9/h5-7H,3-4,11H2,1-2H3. The molecule has 0 unspecified atom stereocenters. The molecule has 80 valence electrons. The van der Waals surface area contributed by atoms with Gasteiger partial charge in [-0.1, -0.05) is 6.92 Å². The number of rotatable bonds is 3. The van der Waals surface area contributed by atoms with Crippen LogP contribution in [0.25, 0.3) is 11.4 Å². The molecule has 0 saturated heterocycles. The summed E-state index contributed by atoms with van der Waals surface area (Å²) in [4.78, 5) is 8.40. The summed E-state index contributed by atoms with van der Waals surface area (Å²) in [5, 5.41) is 0.